The standard InChI is InChI=1S/C16H24N4O2/c1-11-8-20-9-13(6-14(20)10-22-11)18-15-5-4-12(7-17-15)16(21)19(2)3/h4-5,7,11,13-14H,6,8-10H2,1-3H3,(H,17,18)/t11-,13+,14-/m0/s1. The van der Waals surface area contributed by atoms with Gasteiger partial charge in [0, 0.05) is 45.5 Å². The lowest BCUT2D eigenvalue weighted by molar-refractivity contribution is -0.0390. The molecule has 0 radical (unpaired) electrons. The summed E-state index contributed by atoms with van der Waals surface area (Å²) in [6, 6.07) is 4.61. The van der Waals surface area contributed by atoms with E-state index in [4.69, 9.17) is 4.74 Å². The molecule has 2 aliphatic heterocycles. The molecule has 0 bridgehead atoms. The van der Waals surface area contributed by atoms with Crippen molar-refractivity contribution in [3.8, 4) is 0 Å². The van der Waals surface area contributed by atoms with E-state index in [1.165, 1.54) is 0 Å². The molecule has 1 aromatic heterocycles. The summed E-state index contributed by atoms with van der Waals surface area (Å²) in [6.45, 7) is 4.98. The van der Waals surface area contributed by atoms with Gasteiger partial charge in [0.2, 0.25) is 0 Å². The number of carbonyl (C=O) groups excluding carboxylic acids is 1. The highest BCUT2D eigenvalue weighted by Crippen LogP contribution is 2.25. The van der Waals surface area contributed by atoms with E-state index < -0.39 is 0 Å². The normalized spacial score (nSPS) is 28.2. The van der Waals surface area contributed by atoms with Crippen LogP contribution in [0.15, 0.2) is 18.3 Å². The van der Waals surface area contributed by atoms with Crippen LogP contribution in [0.2, 0.25) is 0 Å². The van der Waals surface area contributed by atoms with Crippen LogP contribution < -0.4 is 5.32 Å². The van der Waals surface area contributed by atoms with Crippen molar-refractivity contribution < 1.29 is 9.53 Å². The third-order valence-electron chi connectivity index (χ3n) is 4.36. The van der Waals surface area contributed by atoms with E-state index in [9.17, 15) is 4.79 Å². The minimum atomic E-state index is -0.0248. The van der Waals surface area contributed by atoms with Crippen molar-refractivity contribution in [1.29, 1.82) is 0 Å². The number of anilines is 1. The summed E-state index contributed by atoms with van der Waals surface area (Å²) in [7, 11) is 3.48. The second-order valence-electron chi connectivity index (χ2n) is 6.46. The van der Waals surface area contributed by atoms with Crippen LogP contribution >= 0.6 is 0 Å². The number of carbonyl (C=O) groups is 1. The molecule has 0 unspecified atom stereocenters. The van der Waals surface area contributed by atoms with E-state index in [0.717, 1.165) is 31.9 Å². The molecule has 0 saturated carbocycles. The molecular formula is C16H24N4O2. The topological polar surface area (TPSA) is 57.7 Å². The van der Waals surface area contributed by atoms with Crippen molar-refractivity contribution in [3.05, 3.63) is 23.9 Å². The van der Waals surface area contributed by atoms with Gasteiger partial charge in [0.1, 0.15) is 5.82 Å². The molecule has 6 heteroatoms. The first-order valence-electron chi connectivity index (χ1n) is 7.83. The van der Waals surface area contributed by atoms with Crippen LogP contribution in [0.5, 0.6) is 0 Å². The van der Waals surface area contributed by atoms with Crippen LogP contribution in [0.1, 0.15) is 23.7 Å². The minimum Gasteiger partial charge on any atom is -0.376 e. The molecule has 2 aliphatic rings. The summed E-state index contributed by atoms with van der Waals surface area (Å²) in [4.78, 5) is 20.3. The fourth-order valence-corrected chi connectivity index (χ4v) is 3.22. The molecule has 3 atom stereocenters. The molecule has 1 aromatic rings. The van der Waals surface area contributed by atoms with Crippen LogP contribution in [-0.4, -0.2) is 72.7 Å². The van der Waals surface area contributed by atoms with Crippen molar-refractivity contribution in [2.24, 2.45) is 0 Å². The predicted octanol–water partition coefficient (Wildman–Crippen LogP) is 1.06. The zero-order chi connectivity index (χ0) is 15.7. The number of nitrogens with zero attached hydrogens (tertiary/aromatic N) is 3. The van der Waals surface area contributed by atoms with Gasteiger partial charge in [-0.15, -0.1) is 0 Å². The number of hydrogen-bond donors (Lipinski definition) is 1. The van der Waals surface area contributed by atoms with Crippen LogP contribution in [0.4, 0.5) is 5.82 Å². The number of morpholine rings is 1. The van der Waals surface area contributed by atoms with Gasteiger partial charge in [-0.1, -0.05) is 0 Å². The average Bonchev–Trinajstić information content (AvgIpc) is 2.88. The molecule has 3 heterocycles. The van der Waals surface area contributed by atoms with Crippen molar-refractivity contribution in [2.45, 2.75) is 31.5 Å². The Morgan fingerprint density at radius 3 is 2.91 bits per heavy atom. The first-order valence-corrected chi connectivity index (χ1v) is 7.83. The third kappa shape index (κ3) is 3.23. The maximum absolute atomic E-state index is 11.8. The van der Waals surface area contributed by atoms with Crippen LogP contribution in [0.25, 0.3) is 0 Å². The fraction of sp³-hybridized carbons (Fsp3) is 0.625. The Hall–Kier alpha value is -1.66. The lowest BCUT2D eigenvalue weighted by Gasteiger charge is -2.33. The van der Waals surface area contributed by atoms with Gasteiger partial charge in [-0.2, -0.15) is 0 Å². The summed E-state index contributed by atoms with van der Waals surface area (Å²) < 4.78 is 5.73. The van der Waals surface area contributed by atoms with Gasteiger partial charge in [0.05, 0.1) is 18.3 Å². The zero-order valence-electron chi connectivity index (χ0n) is 13.5. The first kappa shape index (κ1) is 15.2. The van der Waals surface area contributed by atoms with Gasteiger partial charge < -0.3 is 15.0 Å². The van der Waals surface area contributed by atoms with Crippen LogP contribution in [-0.2, 0) is 4.74 Å². The van der Waals surface area contributed by atoms with E-state index in [-0.39, 0.29) is 5.91 Å². The van der Waals surface area contributed by atoms with Gasteiger partial charge in [-0.25, -0.2) is 4.98 Å². The van der Waals surface area contributed by atoms with E-state index in [2.05, 4.69) is 22.1 Å². The fourth-order valence-electron chi connectivity index (χ4n) is 3.22. The Labute approximate surface area is 131 Å². The zero-order valence-corrected chi connectivity index (χ0v) is 13.5. The molecule has 3 rings (SSSR count). The van der Waals surface area contributed by atoms with Crippen molar-refractivity contribution in [3.63, 3.8) is 0 Å². The highest BCUT2D eigenvalue weighted by Gasteiger charge is 2.36. The maximum Gasteiger partial charge on any atom is 0.254 e. The second-order valence-corrected chi connectivity index (χ2v) is 6.46. The lowest BCUT2D eigenvalue weighted by Crippen LogP contribution is -2.45. The van der Waals surface area contributed by atoms with Gasteiger partial charge in [0.15, 0.2) is 0 Å². The molecule has 22 heavy (non-hydrogen) atoms. The van der Waals surface area contributed by atoms with Crippen molar-refractivity contribution >= 4 is 11.7 Å². The lowest BCUT2D eigenvalue weighted by atomic mass is 10.1. The monoisotopic (exact) mass is 304 g/mol. The molecule has 2 saturated heterocycles. The van der Waals surface area contributed by atoms with Gasteiger partial charge in [-0.05, 0) is 25.5 Å². The number of nitrogens with one attached hydrogen (secondary N) is 1. The van der Waals surface area contributed by atoms with E-state index in [1.807, 2.05) is 12.1 Å². The third-order valence-corrected chi connectivity index (χ3v) is 4.36. The molecule has 6 nitrogen and oxygen atoms in total. The Morgan fingerprint density at radius 2 is 2.23 bits per heavy atom. The summed E-state index contributed by atoms with van der Waals surface area (Å²) in [5.41, 5.74) is 0.613. The van der Waals surface area contributed by atoms with Crippen LogP contribution in [0, 0.1) is 0 Å². The van der Waals surface area contributed by atoms with Gasteiger partial charge in [0.25, 0.3) is 5.91 Å². The quantitative estimate of drug-likeness (QED) is 0.905. The minimum absolute atomic E-state index is 0.0248. The largest absolute Gasteiger partial charge is 0.376 e. The maximum atomic E-state index is 11.8. The highest BCUT2D eigenvalue weighted by atomic mass is 16.5. The van der Waals surface area contributed by atoms with E-state index in [0.29, 0.717) is 23.8 Å². The Kier molecular flexibility index (Phi) is 4.31. The number of ether oxygens (including phenoxy) is 1. The van der Waals surface area contributed by atoms with Crippen molar-refractivity contribution in [2.75, 3.05) is 39.1 Å². The number of amides is 1. The van der Waals surface area contributed by atoms with E-state index >= 15 is 0 Å². The highest BCUT2D eigenvalue weighted by molar-refractivity contribution is 5.93. The number of hydrogen-bond acceptors (Lipinski definition) is 5. The molecule has 0 aliphatic carbocycles. The number of pyridine rings is 1. The smallest absolute Gasteiger partial charge is 0.254 e. The first-order chi connectivity index (χ1) is 10.5. The average molecular weight is 304 g/mol. The second kappa shape index (κ2) is 6.22. The van der Waals surface area contributed by atoms with Gasteiger partial charge in [-0.3, -0.25) is 9.69 Å². The number of rotatable bonds is 3. The summed E-state index contributed by atoms with van der Waals surface area (Å²) in [5.74, 6) is 0.803. The molecule has 120 valence electrons. The number of fused-ring (bicyclic) bond motifs is 1. The Bertz CT molecular complexity index is 531. The molecule has 0 aromatic carbocycles. The molecule has 1 amide bonds. The summed E-state index contributed by atoms with van der Waals surface area (Å²) in [5, 5.41) is 3.47. The van der Waals surface area contributed by atoms with E-state index in [1.54, 1.807) is 25.2 Å². The Morgan fingerprint density at radius 1 is 1.41 bits per heavy atom. The Balaban J connectivity index is 1.59. The number of aromatic nitrogens is 1. The molecular weight excluding hydrogens is 280 g/mol. The van der Waals surface area contributed by atoms with Crippen LogP contribution in [0.3, 0.4) is 0 Å². The van der Waals surface area contributed by atoms with Crippen molar-refractivity contribution in [1.82, 2.24) is 14.8 Å². The summed E-state index contributed by atoms with van der Waals surface area (Å²) >= 11 is 0. The molecule has 1 N–H and O–H groups in total. The molecule has 2 fully saturated rings. The molecule has 0 spiro atoms. The van der Waals surface area contributed by atoms with Gasteiger partial charge >= 0.3 is 0 Å². The predicted molar refractivity (Wildman–Crippen MR) is 85.1 cm³/mol. The summed E-state index contributed by atoms with van der Waals surface area (Å²) in [6.07, 6.45) is 3.04. The SMILES string of the molecule is C[C@H]1CN2C[C@H](Nc3ccc(C(=O)N(C)C)cn3)C[C@H]2CO1.